The summed E-state index contributed by atoms with van der Waals surface area (Å²) in [6.07, 6.45) is -4.79. The van der Waals surface area contributed by atoms with E-state index in [1.54, 1.807) is 26.0 Å². The zero-order valence-corrected chi connectivity index (χ0v) is 17.6. The van der Waals surface area contributed by atoms with E-state index in [1.807, 2.05) is 19.1 Å². The molecule has 2 aromatic rings. The van der Waals surface area contributed by atoms with Crippen LogP contribution in [-0.2, 0) is 15.1 Å². The second kappa shape index (κ2) is 8.52. The van der Waals surface area contributed by atoms with Gasteiger partial charge in [0.1, 0.15) is 17.8 Å². The van der Waals surface area contributed by atoms with Gasteiger partial charge in [-0.25, -0.2) is 4.79 Å². The van der Waals surface area contributed by atoms with E-state index in [4.69, 9.17) is 0 Å². The zero-order chi connectivity index (χ0) is 23.7. The number of rotatable bonds is 6. The summed E-state index contributed by atoms with van der Waals surface area (Å²) in [6.45, 7) is 4.60. The first-order chi connectivity index (χ1) is 14.9. The summed E-state index contributed by atoms with van der Waals surface area (Å²) in [6, 6.07) is 10.9. The molecule has 0 bridgehead atoms. The molecule has 0 aliphatic carbocycles. The van der Waals surface area contributed by atoms with E-state index < -0.39 is 42.3 Å². The lowest BCUT2D eigenvalue weighted by atomic mass is 9.91. The molecule has 1 aliphatic rings. The first kappa shape index (κ1) is 23.1. The SMILES string of the molecule is Cc1ccc(C2(C)NC(=O)N(CC(=O)NC(C)c3ccc(OC(F)(F)F)cc3)C2=O)cc1. The normalized spacial score (nSPS) is 19.5. The minimum absolute atomic E-state index is 0.380. The van der Waals surface area contributed by atoms with E-state index >= 15 is 0 Å². The van der Waals surface area contributed by atoms with E-state index in [0.717, 1.165) is 22.6 Å². The molecule has 0 saturated carbocycles. The summed E-state index contributed by atoms with van der Waals surface area (Å²) in [7, 11) is 0. The van der Waals surface area contributed by atoms with Gasteiger partial charge >= 0.3 is 12.4 Å². The van der Waals surface area contributed by atoms with Crippen LogP contribution in [0.2, 0.25) is 0 Å². The quantitative estimate of drug-likeness (QED) is 0.661. The predicted molar refractivity (Wildman–Crippen MR) is 108 cm³/mol. The van der Waals surface area contributed by atoms with Crippen LogP contribution in [0.25, 0.3) is 0 Å². The molecule has 10 heteroatoms. The maximum Gasteiger partial charge on any atom is 0.573 e. The minimum Gasteiger partial charge on any atom is -0.406 e. The maximum absolute atomic E-state index is 12.9. The molecule has 1 aliphatic heterocycles. The topological polar surface area (TPSA) is 87.7 Å². The summed E-state index contributed by atoms with van der Waals surface area (Å²) in [4.78, 5) is 38.6. The third-order valence-corrected chi connectivity index (χ3v) is 5.20. The molecule has 4 amide bonds. The van der Waals surface area contributed by atoms with Gasteiger partial charge in [-0.1, -0.05) is 42.0 Å². The molecular formula is C22H22F3N3O4. The van der Waals surface area contributed by atoms with E-state index in [1.165, 1.54) is 12.1 Å². The van der Waals surface area contributed by atoms with E-state index in [2.05, 4.69) is 15.4 Å². The molecule has 1 heterocycles. The Morgan fingerprint density at radius 2 is 1.72 bits per heavy atom. The number of urea groups is 1. The second-order valence-electron chi connectivity index (χ2n) is 7.72. The van der Waals surface area contributed by atoms with Crippen molar-refractivity contribution < 1.29 is 32.3 Å². The highest BCUT2D eigenvalue weighted by molar-refractivity contribution is 6.09. The van der Waals surface area contributed by atoms with Crippen molar-refractivity contribution in [1.82, 2.24) is 15.5 Å². The number of halogens is 3. The van der Waals surface area contributed by atoms with Gasteiger partial charge in [-0.2, -0.15) is 0 Å². The molecule has 2 atom stereocenters. The molecule has 7 nitrogen and oxygen atoms in total. The van der Waals surface area contributed by atoms with Crippen molar-refractivity contribution in [3.05, 3.63) is 65.2 Å². The first-order valence-corrected chi connectivity index (χ1v) is 9.75. The van der Waals surface area contributed by atoms with Gasteiger partial charge in [0.05, 0.1) is 6.04 Å². The summed E-state index contributed by atoms with van der Waals surface area (Å²) in [5.41, 5.74) is 0.830. The summed E-state index contributed by atoms with van der Waals surface area (Å²) in [5.74, 6) is -1.53. The Morgan fingerprint density at radius 3 is 2.28 bits per heavy atom. The van der Waals surface area contributed by atoms with Crippen LogP contribution in [-0.4, -0.2) is 35.7 Å². The number of hydrogen-bond donors (Lipinski definition) is 2. The number of hydrogen-bond acceptors (Lipinski definition) is 4. The van der Waals surface area contributed by atoms with Crippen molar-refractivity contribution in [3.8, 4) is 5.75 Å². The molecule has 2 N–H and O–H groups in total. The molecule has 0 spiro atoms. The third kappa shape index (κ3) is 5.01. The van der Waals surface area contributed by atoms with Crippen molar-refractivity contribution in [2.24, 2.45) is 0 Å². The fourth-order valence-corrected chi connectivity index (χ4v) is 3.40. The number of aryl methyl sites for hydroxylation is 1. The second-order valence-corrected chi connectivity index (χ2v) is 7.72. The number of nitrogens with zero attached hydrogens (tertiary/aromatic N) is 1. The van der Waals surface area contributed by atoms with Crippen molar-refractivity contribution in [3.63, 3.8) is 0 Å². The average Bonchev–Trinajstić information content (AvgIpc) is 2.91. The lowest BCUT2D eigenvalue weighted by Crippen LogP contribution is -2.43. The molecular weight excluding hydrogens is 427 g/mol. The fourth-order valence-electron chi connectivity index (χ4n) is 3.40. The third-order valence-electron chi connectivity index (χ3n) is 5.20. The Bertz CT molecular complexity index is 1020. The number of carbonyl (C=O) groups is 3. The van der Waals surface area contributed by atoms with Crippen LogP contribution < -0.4 is 15.4 Å². The van der Waals surface area contributed by atoms with Gasteiger partial charge in [0.25, 0.3) is 5.91 Å². The van der Waals surface area contributed by atoms with Crippen LogP contribution in [0.5, 0.6) is 5.75 Å². The highest BCUT2D eigenvalue weighted by Crippen LogP contribution is 2.29. The highest BCUT2D eigenvalue weighted by Gasteiger charge is 2.49. The standard InChI is InChI=1S/C22H22F3N3O4/c1-13-4-8-16(9-5-13)21(3)19(30)28(20(31)27-21)12-18(29)26-14(2)15-6-10-17(11-7-15)32-22(23,24)25/h4-11,14H,12H2,1-3H3,(H,26,29)(H,27,31). The van der Waals surface area contributed by atoms with Gasteiger partial charge in [0.15, 0.2) is 0 Å². The van der Waals surface area contributed by atoms with Crippen LogP contribution in [0.15, 0.2) is 48.5 Å². The number of carbonyl (C=O) groups excluding carboxylic acids is 3. The average molecular weight is 449 g/mol. The van der Waals surface area contributed by atoms with Crippen LogP contribution >= 0.6 is 0 Å². The molecule has 170 valence electrons. The molecule has 3 rings (SSSR count). The van der Waals surface area contributed by atoms with Crippen LogP contribution in [0.1, 0.15) is 36.6 Å². The summed E-state index contributed by atoms with van der Waals surface area (Å²) >= 11 is 0. The Hall–Kier alpha value is -3.56. The van der Waals surface area contributed by atoms with Crippen molar-refractivity contribution in [2.45, 2.75) is 38.7 Å². The molecule has 2 aromatic carbocycles. The Morgan fingerprint density at radius 1 is 1.12 bits per heavy atom. The lowest BCUT2D eigenvalue weighted by molar-refractivity contribution is -0.274. The van der Waals surface area contributed by atoms with E-state index in [-0.39, 0.29) is 5.75 Å². The van der Waals surface area contributed by atoms with Gasteiger partial charge < -0.3 is 15.4 Å². The smallest absolute Gasteiger partial charge is 0.406 e. The molecule has 32 heavy (non-hydrogen) atoms. The number of alkyl halides is 3. The fraction of sp³-hybridized carbons (Fsp3) is 0.318. The largest absolute Gasteiger partial charge is 0.573 e. The molecule has 0 aromatic heterocycles. The van der Waals surface area contributed by atoms with Gasteiger partial charge in [0, 0.05) is 0 Å². The van der Waals surface area contributed by atoms with E-state index in [9.17, 15) is 27.6 Å². The molecule has 1 fully saturated rings. The van der Waals surface area contributed by atoms with Crippen LogP contribution in [0, 0.1) is 6.92 Å². The summed E-state index contributed by atoms with van der Waals surface area (Å²) in [5, 5.41) is 5.26. The van der Waals surface area contributed by atoms with Crippen molar-refractivity contribution in [1.29, 1.82) is 0 Å². The van der Waals surface area contributed by atoms with Crippen molar-refractivity contribution in [2.75, 3.05) is 6.54 Å². The number of imide groups is 1. The van der Waals surface area contributed by atoms with Crippen LogP contribution in [0.4, 0.5) is 18.0 Å². The maximum atomic E-state index is 12.9. The van der Waals surface area contributed by atoms with E-state index in [0.29, 0.717) is 11.1 Å². The molecule has 2 unspecified atom stereocenters. The number of amides is 4. The first-order valence-electron chi connectivity index (χ1n) is 9.75. The zero-order valence-electron chi connectivity index (χ0n) is 17.6. The highest BCUT2D eigenvalue weighted by atomic mass is 19.4. The summed E-state index contributed by atoms with van der Waals surface area (Å²) < 4.78 is 40.6. The van der Waals surface area contributed by atoms with Gasteiger partial charge in [0.2, 0.25) is 5.91 Å². The monoisotopic (exact) mass is 449 g/mol. The molecule has 0 radical (unpaired) electrons. The number of ether oxygens (including phenoxy) is 1. The Kier molecular flexibility index (Phi) is 6.16. The van der Waals surface area contributed by atoms with Gasteiger partial charge in [-0.05, 0) is 44.0 Å². The number of nitrogens with one attached hydrogen (secondary N) is 2. The van der Waals surface area contributed by atoms with Crippen molar-refractivity contribution >= 4 is 17.8 Å². The Balaban J connectivity index is 1.63. The molecule has 1 saturated heterocycles. The van der Waals surface area contributed by atoms with Gasteiger partial charge in [-0.3, -0.25) is 14.5 Å². The lowest BCUT2D eigenvalue weighted by Gasteiger charge is -2.22. The predicted octanol–water partition coefficient (Wildman–Crippen LogP) is 3.54. The number of benzene rings is 2. The van der Waals surface area contributed by atoms with Gasteiger partial charge in [-0.15, -0.1) is 13.2 Å². The minimum atomic E-state index is -4.79. The Labute approximate surface area is 182 Å². The van der Waals surface area contributed by atoms with Crippen LogP contribution in [0.3, 0.4) is 0 Å².